The quantitative estimate of drug-likeness (QED) is 0.668. The Bertz CT molecular complexity index is 329. The number of aryl methyl sites for hydroxylation is 1. The van der Waals surface area contributed by atoms with Crippen LogP contribution in [0.1, 0.15) is 19.4 Å². The maximum Gasteiger partial charge on any atom is 0.0858 e. The summed E-state index contributed by atoms with van der Waals surface area (Å²) in [6.45, 7) is 9.98. The van der Waals surface area contributed by atoms with Gasteiger partial charge in [-0.3, -0.25) is 4.99 Å². The molecule has 0 aliphatic heterocycles. The third kappa shape index (κ3) is 2.13. The zero-order valence-electron chi connectivity index (χ0n) is 9.41. The average Bonchev–Trinajstić information content (AvgIpc) is 2.16. The highest BCUT2D eigenvalue weighted by atomic mass is 15.1. The fraction of sp³-hybridized carbons (Fsp3) is 0.417. The predicted molar refractivity (Wildman–Crippen MR) is 63.9 cm³/mol. The van der Waals surface area contributed by atoms with Crippen molar-refractivity contribution in [3.8, 4) is 0 Å². The second kappa shape index (κ2) is 4.27. The summed E-state index contributed by atoms with van der Waals surface area (Å²) in [7, 11) is 2.07. The third-order valence-electron chi connectivity index (χ3n) is 2.46. The van der Waals surface area contributed by atoms with Crippen molar-refractivity contribution in [1.29, 1.82) is 0 Å². The molecule has 76 valence electrons. The molecule has 1 rings (SSSR count). The van der Waals surface area contributed by atoms with E-state index in [1.54, 1.807) is 0 Å². The number of rotatable bonds is 3. The summed E-state index contributed by atoms with van der Waals surface area (Å²) in [5, 5.41) is 0. The first kappa shape index (κ1) is 10.8. The van der Waals surface area contributed by atoms with Gasteiger partial charge in [0.05, 0.1) is 11.4 Å². The lowest BCUT2D eigenvalue weighted by Crippen LogP contribution is -2.25. The molecule has 0 unspecified atom stereocenters. The van der Waals surface area contributed by atoms with Gasteiger partial charge in [-0.1, -0.05) is 6.07 Å². The Balaban J connectivity index is 3.13. The Morgan fingerprint density at radius 3 is 2.50 bits per heavy atom. The summed E-state index contributed by atoms with van der Waals surface area (Å²) < 4.78 is 0. The molecule has 0 N–H and O–H groups in total. The molecule has 2 heteroatoms. The van der Waals surface area contributed by atoms with Gasteiger partial charge >= 0.3 is 0 Å². The van der Waals surface area contributed by atoms with Crippen LogP contribution < -0.4 is 4.90 Å². The number of benzene rings is 1. The fourth-order valence-corrected chi connectivity index (χ4v) is 1.34. The zero-order chi connectivity index (χ0) is 10.7. The zero-order valence-corrected chi connectivity index (χ0v) is 9.41. The molecule has 0 fully saturated rings. The van der Waals surface area contributed by atoms with Gasteiger partial charge in [0, 0.05) is 13.1 Å². The minimum atomic E-state index is 0.471. The van der Waals surface area contributed by atoms with Crippen molar-refractivity contribution in [2.75, 3.05) is 11.9 Å². The van der Waals surface area contributed by atoms with Crippen LogP contribution >= 0.6 is 0 Å². The SMILES string of the molecule is C=Nc1cc(C)ccc1N(C)C(C)C. The van der Waals surface area contributed by atoms with E-state index in [1.807, 2.05) is 0 Å². The van der Waals surface area contributed by atoms with Gasteiger partial charge in [0.1, 0.15) is 0 Å². The van der Waals surface area contributed by atoms with Crippen LogP contribution in [0.3, 0.4) is 0 Å². The van der Waals surface area contributed by atoms with E-state index < -0.39 is 0 Å². The number of aliphatic imine (C=N–C) groups is 1. The smallest absolute Gasteiger partial charge is 0.0858 e. The van der Waals surface area contributed by atoms with Crippen LogP contribution in [0, 0.1) is 6.92 Å². The minimum Gasteiger partial charge on any atom is -0.370 e. The fourth-order valence-electron chi connectivity index (χ4n) is 1.34. The number of hydrogen-bond donors (Lipinski definition) is 0. The van der Waals surface area contributed by atoms with Gasteiger partial charge in [-0.05, 0) is 45.2 Å². The first-order valence-corrected chi connectivity index (χ1v) is 4.86. The van der Waals surface area contributed by atoms with Gasteiger partial charge in [0.25, 0.3) is 0 Å². The molecule has 0 saturated carbocycles. The normalized spacial score (nSPS) is 10.4. The van der Waals surface area contributed by atoms with E-state index in [1.165, 1.54) is 5.56 Å². The van der Waals surface area contributed by atoms with E-state index in [-0.39, 0.29) is 0 Å². The molecule has 0 aliphatic carbocycles. The van der Waals surface area contributed by atoms with E-state index in [2.05, 4.69) is 62.6 Å². The van der Waals surface area contributed by atoms with Crippen LogP contribution in [0.5, 0.6) is 0 Å². The highest BCUT2D eigenvalue weighted by Crippen LogP contribution is 2.29. The van der Waals surface area contributed by atoms with Gasteiger partial charge in [0.2, 0.25) is 0 Å². The van der Waals surface area contributed by atoms with Crippen molar-refractivity contribution in [2.45, 2.75) is 26.8 Å². The first-order valence-electron chi connectivity index (χ1n) is 4.86. The lowest BCUT2D eigenvalue weighted by atomic mass is 10.1. The molecule has 0 bridgehead atoms. The van der Waals surface area contributed by atoms with E-state index in [0.29, 0.717) is 6.04 Å². The van der Waals surface area contributed by atoms with E-state index >= 15 is 0 Å². The first-order chi connectivity index (χ1) is 6.56. The molecule has 0 amide bonds. The topological polar surface area (TPSA) is 15.6 Å². The second-order valence-electron chi connectivity index (χ2n) is 3.85. The van der Waals surface area contributed by atoms with Crippen molar-refractivity contribution in [2.24, 2.45) is 4.99 Å². The van der Waals surface area contributed by atoms with Crippen molar-refractivity contribution in [1.82, 2.24) is 0 Å². The van der Waals surface area contributed by atoms with Crippen molar-refractivity contribution in [3.63, 3.8) is 0 Å². The monoisotopic (exact) mass is 190 g/mol. The van der Waals surface area contributed by atoms with E-state index in [9.17, 15) is 0 Å². The summed E-state index contributed by atoms with van der Waals surface area (Å²) in [6.07, 6.45) is 0. The standard InChI is InChI=1S/C12H18N2/c1-9(2)14(5)12-7-6-10(3)8-11(12)13-4/h6-9H,4H2,1-3,5H3. The molecular formula is C12H18N2. The van der Waals surface area contributed by atoms with Crippen LogP contribution in [0.4, 0.5) is 11.4 Å². The van der Waals surface area contributed by atoms with E-state index in [0.717, 1.165) is 11.4 Å². The average molecular weight is 190 g/mol. The lowest BCUT2D eigenvalue weighted by Gasteiger charge is -2.25. The van der Waals surface area contributed by atoms with Crippen molar-refractivity contribution in [3.05, 3.63) is 23.8 Å². The third-order valence-corrected chi connectivity index (χ3v) is 2.46. The van der Waals surface area contributed by atoms with Gasteiger partial charge in [-0.2, -0.15) is 0 Å². The van der Waals surface area contributed by atoms with Gasteiger partial charge in [-0.25, -0.2) is 0 Å². The van der Waals surface area contributed by atoms with Crippen LogP contribution in [0.25, 0.3) is 0 Å². The Labute approximate surface area is 86.3 Å². The minimum absolute atomic E-state index is 0.471. The van der Waals surface area contributed by atoms with Crippen LogP contribution in [0.15, 0.2) is 23.2 Å². The summed E-state index contributed by atoms with van der Waals surface area (Å²) >= 11 is 0. The van der Waals surface area contributed by atoms with Gasteiger partial charge in [0.15, 0.2) is 0 Å². The maximum absolute atomic E-state index is 4.04. The molecule has 1 aromatic carbocycles. The van der Waals surface area contributed by atoms with Crippen molar-refractivity contribution < 1.29 is 0 Å². The summed E-state index contributed by atoms with van der Waals surface area (Å²) in [5.41, 5.74) is 3.31. The number of nitrogens with zero attached hydrogens (tertiary/aromatic N) is 2. The highest BCUT2D eigenvalue weighted by molar-refractivity contribution is 5.69. The molecule has 14 heavy (non-hydrogen) atoms. The number of hydrogen-bond acceptors (Lipinski definition) is 2. The van der Waals surface area contributed by atoms with E-state index in [4.69, 9.17) is 0 Å². The Morgan fingerprint density at radius 2 is 2.00 bits per heavy atom. The second-order valence-corrected chi connectivity index (χ2v) is 3.85. The van der Waals surface area contributed by atoms with Crippen molar-refractivity contribution >= 4 is 18.1 Å². The molecule has 0 atom stereocenters. The highest BCUT2D eigenvalue weighted by Gasteiger charge is 2.08. The summed E-state index contributed by atoms with van der Waals surface area (Å²) in [4.78, 5) is 6.24. The Morgan fingerprint density at radius 1 is 1.36 bits per heavy atom. The molecule has 0 spiro atoms. The lowest BCUT2D eigenvalue weighted by molar-refractivity contribution is 0.755. The molecule has 2 nitrogen and oxygen atoms in total. The largest absolute Gasteiger partial charge is 0.370 e. The number of anilines is 1. The Kier molecular flexibility index (Phi) is 3.28. The van der Waals surface area contributed by atoms with Gasteiger partial charge < -0.3 is 4.90 Å². The molecular weight excluding hydrogens is 172 g/mol. The molecule has 0 aliphatic rings. The van der Waals surface area contributed by atoms with Crippen LogP contribution in [0.2, 0.25) is 0 Å². The Hall–Kier alpha value is -1.31. The summed E-state index contributed by atoms with van der Waals surface area (Å²) in [6, 6.07) is 6.72. The maximum atomic E-state index is 4.04. The molecule has 1 aromatic rings. The molecule has 0 saturated heterocycles. The van der Waals surface area contributed by atoms with Crippen LogP contribution in [-0.2, 0) is 0 Å². The molecule has 0 heterocycles. The summed E-state index contributed by atoms with van der Waals surface area (Å²) in [5.74, 6) is 0. The molecule has 0 aromatic heterocycles. The predicted octanol–water partition coefficient (Wildman–Crippen LogP) is 3.17. The van der Waals surface area contributed by atoms with Crippen LogP contribution in [-0.4, -0.2) is 19.8 Å². The molecule has 0 radical (unpaired) electrons. The van der Waals surface area contributed by atoms with Gasteiger partial charge in [-0.15, -0.1) is 0 Å².